The first kappa shape index (κ1) is 21.5. The minimum atomic E-state index is -3.83. The van der Waals surface area contributed by atoms with Gasteiger partial charge in [0.05, 0.1) is 16.6 Å². The second-order valence-electron chi connectivity index (χ2n) is 6.98. The van der Waals surface area contributed by atoms with Gasteiger partial charge < -0.3 is 4.90 Å². The third-order valence-corrected chi connectivity index (χ3v) is 6.89. The Balaban J connectivity index is 1.87. The molecule has 0 radical (unpaired) electrons. The zero-order chi connectivity index (χ0) is 21.9. The highest BCUT2D eigenvalue weighted by molar-refractivity contribution is 7.92. The Morgan fingerprint density at radius 3 is 2.17 bits per heavy atom. The number of amides is 1. The molecule has 0 aliphatic heterocycles. The monoisotopic (exact) mass is 426 g/mol. The van der Waals surface area contributed by atoms with Crippen molar-refractivity contribution < 1.29 is 17.6 Å². The number of halogens is 1. The molecule has 0 bridgehead atoms. The summed E-state index contributed by atoms with van der Waals surface area (Å²) in [4.78, 5) is 14.5. The Hall–Kier alpha value is -3.19. The fourth-order valence-electron chi connectivity index (χ4n) is 3.07. The van der Waals surface area contributed by atoms with Gasteiger partial charge in [0.1, 0.15) is 5.82 Å². The highest BCUT2D eigenvalue weighted by Gasteiger charge is 2.24. The quantitative estimate of drug-likeness (QED) is 0.584. The van der Waals surface area contributed by atoms with Gasteiger partial charge in [-0.3, -0.25) is 9.10 Å². The molecule has 0 saturated heterocycles. The van der Waals surface area contributed by atoms with Crippen molar-refractivity contribution in [2.24, 2.45) is 0 Å². The summed E-state index contributed by atoms with van der Waals surface area (Å²) in [5.74, 6) is -0.674. The number of carbonyl (C=O) groups excluding carboxylic acids is 1. The predicted octanol–water partition coefficient (Wildman–Crippen LogP) is 4.48. The average Bonchev–Trinajstić information content (AvgIpc) is 2.78. The van der Waals surface area contributed by atoms with Crippen molar-refractivity contribution >= 4 is 21.6 Å². The number of para-hydroxylation sites is 1. The van der Waals surface area contributed by atoms with Gasteiger partial charge in [-0.2, -0.15) is 0 Å². The molecule has 0 aromatic heterocycles. The van der Waals surface area contributed by atoms with Crippen molar-refractivity contribution in [3.8, 4) is 0 Å². The van der Waals surface area contributed by atoms with E-state index in [-0.39, 0.29) is 28.2 Å². The van der Waals surface area contributed by atoms with Crippen LogP contribution in [-0.4, -0.2) is 33.3 Å². The van der Waals surface area contributed by atoms with E-state index in [2.05, 4.69) is 0 Å². The second kappa shape index (κ2) is 8.67. The number of benzene rings is 3. The van der Waals surface area contributed by atoms with Crippen LogP contribution in [0.5, 0.6) is 0 Å². The summed E-state index contributed by atoms with van der Waals surface area (Å²) in [6, 6.07) is 20.3. The molecule has 0 spiro atoms. The third-order valence-electron chi connectivity index (χ3n) is 5.11. The van der Waals surface area contributed by atoms with Gasteiger partial charge in [0.15, 0.2) is 0 Å². The molecule has 7 heteroatoms. The van der Waals surface area contributed by atoms with Crippen LogP contribution in [0.1, 0.15) is 28.9 Å². The van der Waals surface area contributed by atoms with E-state index in [1.54, 1.807) is 61.6 Å². The number of carbonyl (C=O) groups is 1. The fraction of sp³-hybridized carbons (Fsp3) is 0.174. The summed E-state index contributed by atoms with van der Waals surface area (Å²) < 4.78 is 40.4. The van der Waals surface area contributed by atoms with Gasteiger partial charge in [0.2, 0.25) is 0 Å². The maximum Gasteiger partial charge on any atom is 0.264 e. The standard InChI is InChI=1S/C23H23FN2O3S/c1-17(18-12-14-20(24)15-13-18)25(2)23(27)19-8-7-11-22(16-19)30(28,29)26(3)21-9-5-4-6-10-21/h4-17H,1-3H3. The average molecular weight is 427 g/mol. The lowest BCUT2D eigenvalue weighted by Crippen LogP contribution is -2.30. The van der Waals surface area contributed by atoms with Crippen LogP contribution in [0, 0.1) is 5.82 Å². The number of hydrogen-bond donors (Lipinski definition) is 0. The molecular weight excluding hydrogens is 403 g/mol. The molecular formula is C23H23FN2O3S. The van der Waals surface area contributed by atoms with E-state index in [1.165, 1.54) is 40.5 Å². The fourth-order valence-corrected chi connectivity index (χ4v) is 4.31. The van der Waals surface area contributed by atoms with Crippen LogP contribution in [0.25, 0.3) is 0 Å². The van der Waals surface area contributed by atoms with Crippen molar-refractivity contribution in [2.75, 3.05) is 18.4 Å². The van der Waals surface area contributed by atoms with Gasteiger partial charge in [-0.05, 0) is 55.0 Å². The molecule has 0 saturated carbocycles. The molecule has 5 nitrogen and oxygen atoms in total. The van der Waals surface area contributed by atoms with Gasteiger partial charge in [0.25, 0.3) is 15.9 Å². The van der Waals surface area contributed by atoms with Crippen molar-refractivity contribution in [3.63, 3.8) is 0 Å². The summed E-state index contributed by atoms with van der Waals surface area (Å²) >= 11 is 0. The van der Waals surface area contributed by atoms with E-state index in [9.17, 15) is 17.6 Å². The van der Waals surface area contributed by atoms with E-state index in [1.807, 2.05) is 6.92 Å². The predicted molar refractivity (Wildman–Crippen MR) is 115 cm³/mol. The maximum atomic E-state index is 13.2. The van der Waals surface area contributed by atoms with Crippen LogP contribution < -0.4 is 4.31 Å². The molecule has 3 rings (SSSR count). The molecule has 3 aromatic carbocycles. The Morgan fingerprint density at radius 2 is 1.53 bits per heavy atom. The molecule has 0 aliphatic carbocycles. The summed E-state index contributed by atoms with van der Waals surface area (Å²) in [6.07, 6.45) is 0. The molecule has 0 fully saturated rings. The molecule has 156 valence electrons. The topological polar surface area (TPSA) is 57.7 Å². The minimum absolute atomic E-state index is 0.0301. The normalized spacial score (nSPS) is 12.3. The van der Waals surface area contributed by atoms with Crippen molar-refractivity contribution in [1.29, 1.82) is 0 Å². The van der Waals surface area contributed by atoms with E-state index in [4.69, 9.17) is 0 Å². The highest BCUT2D eigenvalue weighted by atomic mass is 32.2. The largest absolute Gasteiger partial charge is 0.335 e. The number of rotatable bonds is 6. The van der Waals surface area contributed by atoms with E-state index in [0.29, 0.717) is 5.69 Å². The van der Waals surface area contributed by atoms with E-state index in [0.717, 1.165) is 5.56 Å². The SMILES string of the molecule is CC(c1ccc(F)cc1)N(C)C(=O)c1cccc(S(=O)(=O)N(C)c2ccccc2)c1. The summed E-state index contributed by atoms with van der Waals surface area (Å²) in [6.45, 7) is 1.83. The molecule has 0 aliphatic rings. The smallest absolute Gasteiger partial charge is 0.264 e. The zero-order valence-corrected chi connectivity index (χ0v) is 17.8. The van der Waals surface area contributed by atoms with Crippen LogP contribution in [0.4, 0.5) is 10.1 Å². The van der Waals surface area contributed by atoms with Gasteiger partial charge >= 0.3 is 0 Å². The maximum absolute atomic E-state index is 13.2. The van der Waals surface area contributed by atoms with Crippen LogP contribution in [-0.2, 0) is 10.0 Å². The Labute approximate surface area is 176 Å². The molecule has 30 heavy (non-hydrogen) atoms. The highest BCUT2D eigenvalue weighted by Crippen LogP contribution is 2.25. The summed E-state index contributed by atoms with van der Waals surface area (Å²) in [7, 11) is -0.723. The second-order valence-corrected chi connectivity index (χ2v) is 8.95. The van der Waals surface area contributed by atoms with Crippen LogP contribution in [0.15, 0.2) is 83.8 Å². The van der Waals surface area contributed by atoms with Crippen molar-refractivity contribution in [1.82, 2.24) is 4.90 Å². The van der Waals surface area contributed by atoms with Gasteiger partial charge in [-0.15, -0.1) is 0 Å². The Morgan fingerprint density at radius 1 is 0.900 bits per heavy atom. The van der Waals surface area contributed by atoms with Crippen LogP contribution in [0.2, 0.25) is 0 Å². The number of sulfonamides is 1. The number of hydrogen-bond acceptors (Lipinski definition) is 3. The molecule has 0 N–H and O–H groups in total. The van der Waals surface area contributed by atoms with E-state index >= 15 is 0 Å². The van der Waals surface area contributed by atoms with Gasteiger partial charge in [-0.1, -0.05) is 36.4 Å². The first-order valence-electron chi connectivity index (χ1n) is 9.38. The van der Waals surface area contributed by atoms with Crippen LogP contribution >= 0.6 is 0 Å². The van der Waals surface area contributed by atoms with Crippen LogP contribution in [0.3, 0.4) is 0 Å². The lowest BCUT2D eigenvalue weighted by Gasteiger charge is -2.26. The lowest BCUT2D eigenvalue weighted by atomic mass is 10.1. The van der Waals surface area contributed by atoms with Gasteiger partial charge in [0, 0.05) is 19.7 Å². The number of nitrogens with zero attached hydrogens (tertiary/aromatic N) is 2. The Kier molecular flexibility index (Phi) is 6.22. The minimum Gasteiger partial charge on any atom is -0.335 e. The van der Waals surface area contributed by atoms with Crippen molar-refractivity contribution in [2.45, 2.75) is 17.9 Å². The third kappa shape index (κ3) is 4.36. The van der Waals surface area contributed by atoms with Crippen molar-refractivity contribution in [3.05, 3.63) is 95.8 Å². The first-order chi connectivity index (χ1) is 14.2. The zero-order valence-electron chi connectivity index (χ0n) is 17.0. The molecule has 3 aromatic rings. The lowest BCUT2D eigenvalue weighted by molar-refractivity contribution is 0.0742. The summed E-state index contributed by atoms with van der Waals surface area (Å²) in [5, 5.41) is 0. The molecule has 1 atom stereocenters. The van der Waals surface area contributed by atoms with Gasteiger partial charge in [-0.25, -0.2) is 12.8 Å². The molecule has 0 heterocycles. The summed E-state index contributed by atoms with van der Waals surface area (Å²) in [5.41, 5.74) is 1.56. The Bertz CT molecular complexity index is 1130. The van der Waals surface area contributed by atoms with E-state index < -0.39 is 10.0 Å². The molecule has 1 unspecified atom stereocenters. The number of anilines is 1. The first-order valence-corrected chi connectivity index (χ1v) is 10.8. The molecule has 1 amide bonds.